The SMILES string of the molecule is CC(NC(=O)C(C)(C)C)C(=O)Nc1ccc(CC(=O)O)cc1. The summed E-state index contributed by atoms with van der Waals surface area (Å²) in [4.78, 5) is 34.4. The van der Waals surface area contributed by atoms with E-state index < -0.39 is 17.4 Å². The lowest BCUT2D eigenvalue weighted by molar-refractivity contribution is -0.136. The van der Waals surface area contributed by atoms with Crippen LogP contribution in [0.1, 0.15) is 33.3 Å². The van der Waals surface area contributed by atoms with Crippen molar-refractivity contribution in [3.63, 3.8) is 0 Å². The third-order valence-electron chi connectivity index (χ3n) is 3.00. The van der Waals surface area contributed by atoms with Crippen molar-refractivity contribution in [3.8, 4) is 0 Å². The van der Waals surface area contributed by atoms with Crippen LogP contribution in [0.3, 0.4) is 0 Å². The second-order valence-corrected chi connectivity index (χ2v) is 6.20. The maximum absolute atomic E-state index is 12.0. The van der Waals surface area contributed by atoms with Gasteiger partial charge in [0.15, 0.2) is 0 Å². The Hall–Kier alpha value is -2.37. The number of hydrogen-bond donors (Lipinski definition) is 3. The first-order chi connectivity index (χ1) is 10.1. The quantitative estimate of drug-likeness (QED) is 0.773. The topological polar surface area (TPSA) is 95.5 Å². The van der Waals surface area contributed by atoms with Gasteiger partial charge in [-0.15, -0.1) is 0 Å². The zero-order valence-electron chi connectivity index (χ0n) is 13.3. The highest BCUT2D eigenvalue weighted by Crippen LogP contribution is 2.14. The molecule has 0 bridgehead atoms. The minimum Gasteiger partial charge on any atom is -0.481 e. The van der Waals surface area contributed by atoms with Gasteiger partial charge in [0.1, 0.15) is 6.04 Å². The molecular formula is C16H22N2O4. The predicted molar refractivity (Wildman–Crippen MR) is 83.5 cm³/mol. The van der Waals surface area contributed by atoms with Gasteiger partial charge in [-0.3, -0.25) is 14.4 Å². The lowest BCUT2D eigenvalue weighted by atomic mass is 9.95. The number of benzene rings is 1. The average Bonchev–Trinajstić information content (AvgIpc) is 2.39. The lowest BCUT2D eigenvalue weighted by Crippen LogP contribution is -2.46. The molecule has 3 N–H and O–H groups in total. The molecule has 1 aromatic carbocycles. The van der Waals surface area contributed by atoms with E-state index in [1.807, 2.05) is 0 Å². The number of nitrogens with one attached hydrogen (secondary N) is 2. The molecule has 6 heteroatoms. The van der Waals surface area contributed by atoms with Crippen LogP contribution in [-0.4, -0.2) is 28.9 Å². The molecule has 0 radical (unpaired) electrons. The Labute approximate surface area is 129 Å². The van der Waals surface area contributed by atoms with Crippen molar-refractivity contribution in [1.29, 1.82) is 0 Å². The predicted octanol–water partition coefficient (Wildman–Crippen LogP) is 1.80. The van der Waals surface area contributed by atoms with Crippen LogP contribution in [0.4, 0.5) is 5.69 Å². The van der Waals surface area contributed by atoms with E-state index in [1.54, 1.807) is 52.0 Å². The van der Waals surface area contributed by atoms with Crippen LogP contribution >= 0.6 is 0 Å². The molecule has 0 spiro atoms. The van der Waals surface area contributed by atoms with Gasteiger partial charge in [0.05, 0.1) is 6.42 Å². The van der Waals surface area contributed by atoms with Crippen LogP contribution in [0.15, 0.2) is 24.3 Å². The van der Waals surface area contributed by atoms with Gasteiger partial charge in [-0.2, -0.15) is 0 Å². The summed E-state index contributed by atoms with van der Waals surface area (Å²) < 4.78 is 0. The number of carbonyl (C=O) groups excluding carboxylic acids is 2. The molecule has 0 saturated carbocycles. The molecule has 0 aromatic heterocycles. The number of hydrogen-bond acceptors (Lipinski definition) is 3. The molecule has 0 heterocycles. The second kappa shape index (κ2) is 7.06. The number of aliphatic carboxylic acids is 1. The maximum atomic E-state index is 12.0. The van der Waals surface area contributed by atoms with Crippen LogP contribution in [0.25, 0.3) is 0 Å². The van der Waals surface area contributed by atoms with Gasteiger partial charge in [0.25, 0.3) is 0 Å². The Morgan fingerprint density at radius 1 is 1.14 bits per heavy atom. The van der Waals surface area contributed by atoms with Crippen LogP contribution in [0.2, 0.25) is 0 Å². The molecule has 6 nitrogen and oxygen atoms in total. The Bertz CT molecular complexity index is 559. The second-order valence-electron chi connectivity index (χ2n) is 6.20. The molecule has 22 heavy (non-hydrogen) atoms. The fourth-order valence-corrected chi connectivity index (χ4v) is 1.61. The van der Waals surface area contributed by atoms with E-state index >= 15 is 0 Å². The molecule has 1 aromatic rings. The summed E-state index contributed by atoms with van der Waals surface area (Å²) in [6, 6.07) is 5.89. The molecule has 120 valence electrons. The number of amides is 2. The van der Waals surface area contributed by atoms with Gasteiger partial charge in [0, 0.05) is 11.1 Å². The van der Waals surface area contributed by atoms with Crippen LogP contribution in [-0.2, 0) is 20.8 Å². The van der Waals surface area contributed by atoms with Gasteiger partial charge in [-0.05, 0) is 24.6 Å². The first-order valence-electron chi connectivity index (χ1n) is 7.02. The van der Waals surface area contributed by atoms with Crippen LogP contribution in [0, 0.1) is 5.41 Å². The van der Waals surface area contributed by atoms with Crippen molar-refractivity contribution in [1.82, 2.24) is 5.32 Å². The van der Waals surface area contributed by atoms with E-state index in [0.717, 1.165) is 0 Å². The van der Waals surface area contributed by atoms with Crippen LogP contribution < -0.4 is 10.6 Å². The molecule has 1 unspecified atom stereocenters. The molecule has 0 saturated heterocycles. The highest BCUT2D eigenvalue weighted by molar-refractivity contribution is 5.97. The van der Waals surface area contributed by atoms with E-state index in [9.17, 15) is 14.4 Å². The van der Waals surface area contributed by atoms with Crippen molar-refractivity contribution in [2.45, 2.75) is 40.2 Å². The monoisotopic (exact) mass is 306 g/mol. The van der Waals surface area contributed by atoms with E-state index in [-0.39, 0.29) is 18.2 Å². The number of anilines is 1. The molecular weight excluding hydrogens is 284 g/mol. The first-order valence-corrected chi connectivity index (χ1v) is 7.02. The smallest absolute Gasteiger partial charge is 0.307 e. The summed E-state index contributed by atoms with van der Waals surface area (Å²) in [6.45, 7) is 6.92. The van der Waals surface area contributed by atoms with E-state index in [1.165, 1.54) is 0 Å². The highest BCUT2D eigenvalue weighted by atomic mass is 16.4. The van der Waals surface area contributed by atoms with E-state index in [0.29, 0.717) is 11.3 Å². The molecule has 0 aliphatic heterocycles. The highest BCUT2D eigenvalue weighted by Gasteiger charge is 2.25. The minimum absolute atomic E-state index is 0.0632. The van der Waals surface area contributed by atoms with Gasteiger partial charge >= 0.3 is 5.97 Å². The zero-order valence-corrected chi connectivity index (χ0v) is 13.3. The summed E-state index contributed by atoms with van der Waals surface area (Å²) in [5.41, 5.74) is 0.642. The minimum atomic E-state index is -0.907. The molecule has 0 aliphatic rings. The maximum Gasteiger partial charge on any atom is 0.307 e. The Morgan fingerprint density at radius 2 is 1.68 bits per heavy atom. The van der Waals surface area contributed by atoms with E-state index in [2.05, 4.69) is 10.6 Å². The fraction of sp³-hybridized carbons (Fsp3) is 0.438. The summed E-state index contributed by atoms with van der Waals surface area (Å²) in [6.07, 6.45) is -0.0632. The molecule has 0 aliphatic carbocycles. The number of rotatable bonds is 5. The van der Waals surface area contributed by atoms with Crippen molar-refractivity contribution >= 4 is 23.5 Å². The molecule has 0 fully saturated rings. The third-order valence-corrected chi connectivity index (χ3v) is 3.00. The Morgan fingerprint density at radius 3 is 2.14 bits per heavy atom. The van der Waals surface area contributed by atoms with Crippen molar-refractivity contribution in [2.24, 2.45) is 5.41 Å². The van der Waals surface area contributed by atoms with Gasteiger partial charge < -0.3 is 15.7 Å². The van der Waals surface area contributed by atoms with Gasteiger partial charge in [0.2, 0.25) is 11.8 Å². The largest absolute Gasteiger partial charge is 0.481 e. The summed E-state index contributed by atoms with van der Waals surface area (Å²) in [5.74, 6) is -1.44. The van der Waals surface area contributed by atoms with E-state index in [4.69, 9.17) is 5.11 Å². The fourth-order valence-electron chi connectivity index (χ4n) is 1.61. The average molecular weight is 306 g/mol. The summed E-state index contributed by atoms with van der Waals surface area (Å²) in [7, 11) is 0. The van der Waals surface area contributed by atoms with Crippen molar-refractivity contribution in [3.05, 3.63) is 29.8 Å². The van der Waals surface area contributed by atoms with Gasteiger partial charge in [-0.1, -0.05) is 32.9 Å². The van der Waals surface area contributed by atoms with Crippen molar-refractivity contribution in [2.75, 3.05) is 5.32 Å². The molecule has 1 rings (SSSR count). The number of carboxylic acid groups (broad SMARTS) is 1. The first kappa shape index (κ1) is 17.7. The number of carbonyl (C=O) groups is 3. The Kier molecular flexibility index (Phi) is 5.68. The molecule has 1 atom stereocenters. The van der Waals surface area contributed by atoms with Gasteiger partial charge in [-0.25, -0.2) is 0 Å². The Balaban J connectivity index is 2.60. The third kappa shape index (κ3) is 5.55. The summed E-state index contributed by atoms with van der Waals surface area (Å²) >= 11 is 0. The normalized spacial score (nSPS) is 12.4. The van der Waals surface area contributed by atoms with Crippen molar-refractivity contribution < 1.29 is 19.5 Å². The summed E-state index contributed by atoms with van der Waals surface area (Å²) in [5, 5.41) is 14.0. The number of carboxylic acids is 1. The standard InChI is InChI=1S/C16H22N2O4/c1-10(17-15(22)16(2,3)4)14(21)18-12-7-5-11(6-8-12)9-13(19)20/h5-8,10H,9H2,1-4H3,(H,17,22)(H,18,21)(H,19,20). The molecule has 2 amide bonds. The lowest BCUT2D eigenvalue weighted by Gasteiger charge is -2.21. The van der Waals surface area contributed by atoms with Crippen LogP contribution in [0.5, 0.6) is 0 Å². The zero-order chi connectivity index (χ0) is 16.9.